The first-order chi connectivity index (χ1) is 16.0. The van der Waals surface area contributed by atoms with Crippen molar-refractivity contribution in [1.29, 1.82) is 0 Å². The highest BCUT2D eigenvalue weighted by atomic mass is 35.5. The van der Waals surface area contributed by atoms with Gasteiger partial charge in [0, 0.05) is 16.8 Å². The van der Waals surface area contributed by atoms with Crippen molar-refractivity contribution in [3.05, 3.63) is 105 Å². The molecule has 6 heteroatoms. The molecule has 2 heterocycles. The number of Topliss-reactive ketones (excluding diaryl/α,β-unsaturated/α-hetero) is 1. The molecule has 1 aliphatic carbocycles. The number of carbonyl (C=O) groups excluding carboxylic acids is 2. The molecule has 1 N–H and O–H groups in total. The lowest BCUT2D eigenvalue weighted by atomic mass is 9.88. The number of fused-ring (bicyclic) bond motifs is 1. The number of aliphatic hydroxyl groups excluding tert-OH is 1. The zero-order valence-corrected chi connectivity index (χ0v) is 18.8. The number of aliphatic hydroxyl groups is 1. The average molecular weight is 459 g/mol. The minimum absolute atomic E-state index is 0.0917. The molecule has 1 amide bonds. The Morgan fingerprint density at radius 2 is 1.76 bits per heavy atom. The molecule has 3 aromatic rings. The third-order valence-electron chi connectivity index (χ3n) is 6.41. The van der Waals surface area contributed by atoms with Gasteiger partial charge in [-0.25, -0.2) is 0 Å². The van der Waals surface area contributed by atoms with E-state index < -0.39 is 17.7 Å². The van der Waals surface area contributed by atoms with Crippen LogP contribution in [0.2, 0.25) is 5.02 Å². The van der Waals surface area contributed by atoms with Crippen molar-refractivity contribution in [2.24, 2.45) is 0 Å². The van der Waals surface area contributed by atoms with Crippen LogP contribution in [0.3, 0.4) is 0 Å². The molecule has 1 aliphatic heterocycles. The Bertz CT molecular complexity index is 1250. The molecule has 5 nitrogen and oxygen atoms in total. The maximum absolute atomic E-state index is 13.2. The highest BCUT2D eigenvalue weighted by Crippen LogP contribution is 2.40. The smallest absolute Gasteiger partial charge is 0.296 e. The first-order valence-electron chi connectivity index (χ1n) is 11.1. The third-order valence-corrected chi connectivity index (χ3v) is 6.66. The van der Waals surface area contributed by atoms with Crippen LogP contribution in [-0.2, 0) is 29.0 Å². The second-order valence-electron chi connectivity index (χ2n) is 8.49. The monoisotopic (exact) mass is 458 g/mol. The summed E-state index contributed by atoms with van der Waals surface area (Å²) in [5.41, 5.74) is 4.49. The number of pyridine rings is 1. The molecule has 1 fully saturated rings. The zero-order chi connectivity index (χ0) is 22.9. The third kappa shape index (κ3) is 4.05. The number of rotatable bonds is 4. The van der Waals surface area contributed by atoms with Gasteiger partial charge in [0.25, 0.3) is 11.7 Å². The molecule has 1 saturated heterocycles. The predicted molar refractivity (Wildman–Crippen MR) is 127 cm³/mol. The normalized spacial score (nSPS) is 19.5. The number of ketones is 1. The summed E-state index contributed by atoms with van der Waals surface area (Å²) >= 11 is 6.09. The summed E-state index contributed by atoms with van der Waals surface area (Å²) in [4.78, 5) is 32.1. The molecule has 0 spiro atoms. The first kappa shape index (κ1) is 21.4. The van der Waals surface area contributed by atoms with Gasteiger partial charge in [-0.05, 0) is 72.7 Å². The van der Waals surface area contributed by atoms with Crippen molar-refractivity contribution in [2.75, 3.05) is 0 Å². The fourth-order valence-corrected chi connectivity index (χ4v) is 4.86. The van der Waals surface area contributed by atoms with Gasteiger partial charge in [0.1, 0.15) is 5.76 Å². The van der Waals surface area contributed by atoms with E-state index in [1.165, 1.54) is 16.0 Å². The summed E-state index contributed by atoms with van der Waals surface area (Å²) in [6, 6.07) is 17.5. The van der Waals surface area contributed by atoms with Crippen LogP contribution in [0.4, 0.5) is 0 Å². The number of hydrogen-bond donors (Lipinski definition) is 1. The van der Waals surface area contributed by atoms with Crippen LogP contribution in [0.1, 0.15) is 46.8 Å². The van der Waals surface area contributed by atoms with Gasteiger partial charge >= 0.3 is 0 Å². The van der Waals surface area contributed by atoms with Crippen LogP contribution in [-0.4, -0.2) is 26.7 Å². The van der Waals surface area contributed by atoms with Crippen molar-refractivity contribution in [3.8, 4) is 0 Å². The summed E-state index contributed by atoms with van der Waals surface area (Å²) in [7, 11) is 0. The first-order valence-corrected chi connectivity index (χ1v) is 11.5. The van der Waals surface area contributed by atoms with Crippen LogP contribution in [0.25, 0.3) is 5.76 Å². The molecular formula is C27H23ClN2O3. The van der Waals surface area contributed by atoms with Crippen molar-refractivity contribution in [1.82, 2.24) is 9.88 Å². The topological polar surface area (TPSA) is 70.5 Å². The number of aromatic nitrogens is 1. The fourth-order valence-electron chi connectivity index (χ4n) is 4.74. The Balaban J connectivity index is 1.63. The number of aryl methyl sites for hydroxylation is 2. The van der Waals surface area contributed by atoms with E-state index in [9.17, 15) is 14.7 Å². The molecular weight excluding hydrogens is 436 g/mol. The standard InChI is InChI=1S/C27H23ClN2O3/c28-21-12-10-18(11-13-21)24-23(25(31)20-9-8-17-5-1-2-6-19(17)15-20)26(32)27(33)30(24)16-22-7-3-4-14-29-22/h3-4,7-15,24,31H,1-2,5-6,16H2/b25-23-. The number of halogens is 1. The van der Waals surface area contributed by atoms with Crippen molar-refractivity contribution in [2.45, 2.75) is 38.3 Å². The number of nitrogens with zero attached hydrogens (tertiary/aromatic N) is 2. The maximum Gasteiger partial charge on any atom is 0.296 e. The summed E-state index contributed by atoms with van der Waals surface area (Å²) in [5.74, 6) is -1.49. The predicted octanol–water partition coefficient (Wildman–Crippen LogP) is 5.24. The minimum atomic E-state index is -0.736. The molecule has 166 valence electrons. The molecule has 1 unspecified atom stereocenters. The Morgan fingerprint density at radius 1 is 1.00 bits per heavy atom. The molecule has 0 radical (unpaired) electrons. The van der Waals surface area contributed by atoms with E-state index in [0.29, 0.717) is 21.8 Å². The lowest BCUT2D eigenvalue weighted by molar-refractivity contribution is -0.140. The highest BCUT2D eigenvalue weighted by Gasteiger charge is 2.46. The molecule has 1 aromatic heterocycles. The maximum atomic E-state index is 13.2. The van der Waals surface area contributed by atoms with Crippen molar-refractivity contribution >= 4 is 29.1 Å². The summed E-state index contributed by atoms with van der Waals surface area (Å²) in [6.07, 6.45) is 5.89. The Labute approximate surface area is 197 Å². The van der Waals surface area contributed by atoms with E-state index >= 15 is 0 Å². The van der Waals surface area contributed by atoms with E-state index in [0.717, 1.165) is 25.7 Å². The van der Waals surface area contributed by atoms with Gasteiger partial charge < -0.3 is 10.0 Å². The van der Waals surface area contributed by atoms with Gasteiger partial charge in [-0.3, -0.25) is 14.6 Å². The molecule has 0 bridgehead atoms. The van der Waals surface area contributed by atoms with Gasteiger partial charge in [0.05, 0.1) is 23.9 Å². The Morgan fingerprint density at radius 3 is 2.48 bits per heavy atom. The summed E-state index contributed by atoms with van der Waals surface area (Å²) in [6.45, 7) is 0.152. The SMILES string of the molecule is O=C1C(=O)N(Cc2ccccn2)C(c2ccc(Cl)cc2)/C1=C(/O)c1ccc2c(c1)CCCC2. The Kier molecular flexibility index (Phi) is 5.73. The van der Waals surface area contributed by atoms with Crippen LogP contribution >= 0.6 is 11.6 Å². The quantitative estimate of drug-likeness (QED) is 0.330. The van der Waals surface area contributed by atoms with Gasteiger partial charge in [-0.1, -0.05) is 41.9 Å². The van der Waals surface area contributed by atoms with E-state index in [-0.39, 0.29) is 17.9 Å². The van der Waals surface area contributed by atoms with Gasteiger partial charge in [-0.2, -0.15) is 0 Å². The van der Waals surface area contributed by atoms with Crippen molar-refractivity contribution < 1.29 is 14.7 Å². The lowest BCUT2D eigenvalue weighted by Gasteiger charge is -2.25. The van der Waals surface area contributed by atoms with Gasteiger partial charge in [0.15, 0.2) is 0 Å². The van der Waals surface area contributed by atoms with Gasteiger partial charge in [-0.15, -0.1) is 0 Å². The van der Waals surface area contributed by atoms with Crippen LogP contribution < -0.4 is 0 Å². The zero-order valence-electron chi connectivity index (χ0n) is 18.0. The van der Waals surface area contributed by atoms with E-state index in [1.807, 2.05) is 30.3 Å². The lowest BCUT2D eigenvalue weighted by Crippen LogP contribution is -2.29. The molecule has 0 saturated carbocycles. The Hall–Kier alpha value is -3.44. The number of hydrogen-bond acceptors (Lipinski definition) is 4. The number of likely N-dealkylation sites (tertiary alicyclic amines) is 1. The number of amides is 1. The van der Waals surface area contributed by atoms with Crippen LogP contribution in [0.5, 0.6) is 0 Å². The second-order valence-corrected chi connectivity index (χ2v) is 8.93. The van der Waals surface area contributed by atoms with E-state index in [2.05, 4.69) is 4.98 Å². The van der Waals surface area contributed by atoms with Crippen molar-refractivity contribution in [3.63, 3.8) is 0 Å². The minimum Gasteiger partial charge on any atom is -0.507 e. The fraction of sp³-hybridized carbons (Fsp3) is 0.222. The largest absolute Gasteiger partial charge is 0.507 e. The summed E-state index contributed by atoms with van der Waals surface area (Å²) < 4.78 is 0. The number of carbonyl (C=O) groups is 2. The molecule has 2 aromatic carbocycles. The van der Waals surface area contributed by atoms with Gasteiger partial charge in [0.2, 0.25) is 0 Å². The average Bonchev–Trinajstić information content (AvgIpc) is 3.09. The second kappa shape index (κ2) is 8.83. The molecule has 1 atom stereocenters. The molecule has 5 rings (SSSR count). The van der Waals surface area contributed by atoms with E-state index in [1.54, 1.807) is 36.5 Å². The number of benzene rings is 2. The highest BCUT2D eigenvalue weighted by molar-refractivity contribution is 6.46. The molecule has 33 heavy (non-hydrogen) atoms. The van der Waals surface area contributed by atoms with Crippen LogP contribution in [0, 0.1) is 0 Å². The van der Waals surface area contributed by atoms with Crippen LogP contribution in [0.15, 0.2) is 72.4 Å². The van der Waals surface area contributed by atoms with E-state index in [4.69, 9.17) is 11.6 Å². The summed E-state index contributed by atoms with van der Waals surface area (Å²) in [5, 5.41) is 11.9. The molecule has 2 aliphatic rings.